The molecule has 29 heavy (non-hydrogen) atoms. The van der Waals surface area contributed by atoms with Gasteiger partial charge in [-0.2, -0.15) is 4.73 Å². The molecule has 1 aliphatic heterocycles. The third kappa shape index (κ3) is 4.98. The van der Waals surface area contributed by atoms with Crippen molar-refractivity contribution in [1.29, 1.82) is 0 Å². The van der Waals surface area contributed by atoms with Crippen molar-refractivity contribution in [2.45, 2.75) is 12.5 Å². The van der Waals surface area contributed by atoms with E-state index in [0.717, 1.165) is 5.56 Å². The van der Waals surface area contributed by atoms with Crippen LogP contribution in [0.25, 0.3) is 0 Å². The van der Waals surface area contributed by atoms with Gasteiger partial charge in [-0.05, 0) is 24.1 Å². The molecule has 0 spiro atoms. The smallest absolute Gasteiger partial charge is 0.309 e. The van der Waals surface area contributed by atoms with E-state index in [2.05, 4.69) is 0 Å². The number of aromatic nitrogens is 1. The number of benzene rings is 1. The second kappa shape index (κ2) is 9.71. The summed E-state index contributed by atoms with van der Waals surface area (Å²) in [6, 6.07) is 5.37. The van der Waals surface area contributed by atoms with E-state index in [1.54, 1.807) is 20.3 Å². The lowest BCUT2D eigenvalue weighted by Gasteiger charge is -2.43. The van der Waals surface area contributed by atoms with Gasteiger partial charge in [0.15, 0.2) is 23.9 Å². The first kappa shape index (κ1) is 23.3. The van der Waals surface area contributed by atoms with Crippen LogP contribution in [0.4, 0.5) is 0 Å². The Kier molecular flexibility index (Phi) is 7.82. The first-order valence-electron chi connectivity index (χ1n) is 8.59. The van der Waals surface area contributed by atoms with E-state index >= 15 is 0 Å². The molecule has 1 aromatic heterocycles. The van der Waals surface area contributed by atoms with Crippen LogP contribution in [-0.4, -0.2) is 43.3 Å². The quantitative estimate of drug-likeness (QED) is 0.500. The normalized spacial score (nSPS) is 15.2. The molecule has 1 N–H and O–H groups in total. The maximum Gasteiger partial charge on any atom is 0.309 e. The summed E-state index contributed by atoms with van der Waals surface area (Å²) in [6.07, 6.45) is 2.93. The highest BCUT2D eigenvalue weighted by atomic mass is 35.5. The van der Waals surface area contributed by atoms with Crippen molar-refractivity contribution in [2.75, 3.05) is 27.3 Å². The van der Waals surface area contributed by atoms with Gasteiger partial charge in [0, 0.05) is 24.7 Å². The average Bonchev–Trinajstić information content (AvgIpc) is 2.60. The molecular weight excluding hydrogens is 443 g/mol. The second-order valence-electron chi connectivity index (χ2n) is 6.62. The molecule has 1 saturated heterocycles. The summed E-state index contributed by atoms with van der Waals surface area (Å²) < 4.78 is 11.2. The van der Waals surface area contributed by atoms with Crippen LogP contribution in [0.15, 0.2) is 30.6 Å². The van der Waals surface area contributed by atoms with Crippen molar-refractivity contribution in [2.24, 2.45) is 5.92 Å². The van der Waals surface area contributed by atoms with Crippen molar-refractivity contribution in [3.63, 3.8) is 0 Å². The number of hydrogen-bond acceptors (Lipinski definition) is 5. The SMILES string of the molecule is COc1ccc([C@H](Cc2c(Cl)c[n+]([O-])cc2Cl)N2CC(C(=O)O)C2)cc1OC.Cl. The fourth-order valence-corrected chi connectivity index (χ4v) is 3.96. The molecule has 7 nitrogen and oxygen atoms in total. The van der Waals surface area contributed by atoms with Crippen LogP contribution in [0.5, 0.6) is 11.5 Å². The zero-order chi connectivity index (χ0) is 20.4. The van der Waals surface area contributed by atoms with Crippen LogP contribution in [-0.2, 0) is 11.2 Å². The van der Waals surface area contributed by atoms with Gasteiger partial charge < -0.3 is 19.8 Å². The summed E-state index contributed by atoms with van der Waals surface area (Å²) in [6.45, 7) is 0.829. The lowest BCUT2D eigenvalue weighted by molar-refractivity contribution is -0.605. The van der Waals surface area contributed by atoms with Gasteiger partial charge in [-0.3, -0.25) is 9.69 Å². The van der Waals surface area contributed by atoms with Gasteiger partial charge in [0.25, 0.3) is 0 Å². The Morgan fingerprint density at radius 1 is 1.24 bits per heavy atom. The molecular formula is C19H21Cl3N2O5. The lowest BCUT2D eigenvalue weighted by atomic mass is 9.90. The summed E-state index contributed by atoms with van der Waals surface area (Å²) in [5.41, 5.74) is 1.54. The molecule has 1 atom stereocenters. The number of aliphatic carboxylic acids is 1. The van der Waals surface area contributed by atoms with Gasteiger partial charge in [0.1, 0.15) is 10.0 Å². The maximum atomic E-state index is 11.5. The zero-order valence-electron chi connectivity index (χ0n) is 15.8. The minimum Gasteiger partial charge on any atom is -0.619 e. The average molecular weight is 464 g/mol. The Hall–Kier alpha value is -1.93. The third-order valence-corrected chi connectivity index (χ3v) is 5.60. The Labute approximate surface area is 184 Å². The highest BCUT2D eigenvalue weighted by Crippen LogP contribution is 2.38. The van der Waals surface area contributed by atoms with E-state index in [-0.39, 0.29) is 28.5 Å². The first-order chi connectivity index (χ1) is 13.3. The number of methoxy groups -OCH3 is 2. The van der Waals surface area contributed by atoms with E-state index in [9.17, 15) is 15.1 Å². The standard InChI is InChI=1S/C19H20Cl2N2O5.ClH/c1-27-17-4-3-11(5-18(17)28-2)16(22-7-12(8-22)19(24)25)6-13-14(20)9-23(26)10-15(13)21;/h3-5,9-10,12,16H,6-8H2,1-2H3,(H,24,25);1H/t16-;/m0./s1. The highest BCUT2D eigenvalue weighted by Gasteiger charge is 2.38. The number of rotatable bonds is 7. The molecule has 2 heterocycles. The van der Waals surface area contributed by atoms with Gasteiger partial charge in [-0.15, -0.1) is 12.4 Å². The number of carboxylic acids is 1. The fraction of sp³-hybridized carbons (Fsp3) is 0.368. The molecule has 1 aliphatic rings. The van der Waals surface area contributed by atoms with Crippen molar-refractivity contribution in [3.8, 4) is 11.5 Å². The minimum atomic E-state index is -0.814. The lowest BCUT2D eigenvalue weighted by Crippen LogP contribution is -2.52. The number of hydrogen-bond donors (Lipinski definition) is 1. The zero-order valence-corrected chi connectivity index (χ0v) is 18.1. The van der Waals surface area contributed by atoms with Crippen molar-refractivity contribution >= 4 is 41.6 Å². The molecule has 2 aromatic rings. The second-order valence-corrected chi connectivity index (χ2v) is 7.43. The number of likely N-dealkylation sites (tertiary alicyclic amines) is 1. The van der Waals surface area contributed by atoms with E-state index in [4.69, 9.17) is 32.7 Å². The van der Waals surface area contributed by atoms with Crippen molar-refractivity contribution < 1.29 is 24.1 Å². The monoisotopic (exact) mass is 462 g/mol. The van der Waals surface area contributed by atoms with E-state index in [1.807, 2.05) is 17.0 Å². The summed E-state index contributed by atoms with van der Waals surface area (Å²) in [7, 11) is 3.11. The molecule has 0 aliphatic carbocycles. The van der Waals surface area contributed by atoms with Crippen molar-refractivity contribution in [3.05, 3.63) is 57.0 Å². The summed E-state index contributed by atoms with van der Waals surface area (Å²) in [5, 5.41) is 21.3. The summed E-state index contributed by atoms with van der Waals surface area (Å²) in [4.78, 5) is 13.3. The molecule has 0 radical (unpaired) electrons. The Balaban J connectivity index is 0.00000300. The maximum absolute atomic E-state index is 11.5. The molecule has 1 aromatic carbocycles. The topological polar surface area (TPSA) is 85.9 Å². The highest BCUT2D eigenvalue weighted by molar-refractivity contribution is 6.35. The third-order valence-electron chi connectivity index (χ3n) is 4.95. The van der Waals surface area contributed by atoms with Crippen LogP contribution in [0, 0.1) is 11.1 Å². The molecule has 3 rings (SSSR count). The predicted molar refractivity (Wildman–Crippen MR) is 111 cm³/mol. The summed E-state index contributed by atoms with van der Waals surface area (Å²) in [5.74, 6) is -0.0539. The van der Waals surface area contributed by atoms with Gasteiger partial charge in [0.05, 0.1) is 20.1 Å². The summed E-state index contributed by atoms with van der Waals surface area (Å²) >= 11 is 12.5. The molecule has 158 valence electrons. The van der Waals surface area contributed by atoms with Crippen LogP contribution >= 0.6 is 35.6 Å². The van der Waals surface area contributed by atoms with Gasteiger partial charge in [-0.25, -0.2) is 0 Å². The number of nitrogens with zero attached hydrogens (tertiary/aromatic N) is 2. The van der Waals surface area contributed by atoms with E-state index in [1.165, 1.54) is 12.4 Å². The van der Waals surface area contributed by atoms with E-state index < -0.39 is 11.9 Å². The van der Waals surface area contributed by atoms with Gasteiger partial charge in [0.2, 0.25) is 0 Å². The minimum absolute atomic E-state index is 0. The van der Waals surface area contributed by atoms with Crippen LogP contribution in [0.3, 0.4) is 0 Å². The van der Waals surface area contributed by atoms with Crippen molar-refractivity contribution in [1.82, 2.24) is 4.90 Å². The molecule has 10 heteroatoms. The number of carboxylic acid groups (broad SMARTS) is 1. The molecule has 1 fully saturated rings. The number of carbonyl (C=O) groups is 1. The number of pyridine rings is 1. The van der Waals surface area contributed by atoms with Crippen LogP contribution in [0.1, 0.15) is 17.2 Å². The Bertz CT molecular complexity index is 867. The first-order valence-corrected chi connectivity index (χ1v) is 9.35. The van der Waals surface area contributed by atoms with Crippen LogP contribution in [0.2, 0.25) is 10.0 Å². The van der Waals surface area contributed by atoms with Gasteiger partial charge in [-0.1, -0.05) is 29.3 Å². The Morgan fingerprint density at radius 3 is 2.34 bits per heavy atom. The molecule has 0 saturated carbocycles. The fourth-order valence-electron chi connectivity index (χ4n) is 3.36. The number of ether oxygens (including phenoxy) is 2. The Morgan fingerprint density at radius 2 is 1.83 bits per heavy atom. The number of halogens is 3. The predicted octanol–water partition coefficient (Wildman–Crippen LogP) is 3.37. The van der Waals surface area contributed by atoms with Crippen LogP contribution < -0.4 is 14.2 Å². The molecule has 0 amide bonds. The largest absolute Gasteiger partial charge is 0.619 e. The molecule has 0 unspecified atom stereocenters. The van der Waals surface area contributed by atoms with Gasteiger partial charge >= 0.3 is 5.97 Å². The molecule has 0 bridgehead atoms. The van der Waals surface area contributed by atoms with E-state index in [0.29, 0.717) is 41.3 Å².